The number of likely N-dealkylation sites (N-methyl/N-ethyl adjacent to an activating group) is 1. The topological polar surface area (TPSA) is 57.6 Å². The molecule has 1 aromatic rings. The first-order valence-electron chi connectivity index (χ1n) is 5.75. The molecule has 0 radical (unpaired) electrons. The zero-order chi connectivity index (χ0) is 14.8. The van der Waals surface area contributed by atoms with Gasteiger partial charge >= 0.3 is 0 Å². The van der Waals surface area contributed by atoms with E-state index in [0.29, 0.717) is 5.02 Å². The van der Waals surface area contributed by atoms with Crippen molar-refractivity contribution in [3.05, 3.63) is 28.2 Å². The normalized spacial score (nSPS) is 13.0. The van der Waals surface area contributed by atoms with Crippen LogP contribution in [0.2, 0.25) is 10.0 Å². The molecule has 0 heterocycles. The second kappa shape index (κ2) is 5.97. The molecule has 0 aliphatic rings. The summed E-state index contributed by atoms with van der Waals surface area (Å²) in [5, 5.41) is 10.3. The quantitative estimate of drug-likeness (QED) is 0.905. The number of nitrogens with zero attached hydrogens (tertiary/aromatic N) is 1. The van der Waals surface area contributed by atoms with Crippen LogP contribution in [0.4, 0.5) is 0 Å². The molecule has 0 aliphatic carbocycles. The monoisotopic (exact) mass is 325 g/mol. The number of hydrogen-bond donors (Lipinski definition) is 1. The summed E-state index contributed by atoms with van der Waals surface area (Å²) in [6.07, 6.45) is 0. The number of rotatable bonds is 5. The van der Waals surface area contributed by atoms with Gasteiger partial charge in [-0.25, -0.2) is 8.42 Å². The molecule has 1 aromatic carbocycles. The molecular formula is C12H17Cl2NO3S. The van der Waals surface area contributed by atoms with Crippen LogP contribution < -0.4 is 0 Å². The van der Waals surface area contributed by atoms with Crippen LogP contribution in [-0.2, 0) is 10.0 Å². The molecule has 0 bridgehead atoms. The minimum absolute atomic E-state index is 0.00603. The van der Waals surface area contributed by atoms with Crippen LogP contribution in [0.1, 0.15) is 20.8 Å². The fourth-order valence-electron chi connectivity index (χ4n) is 1.58. The van der Waals surface area contributed by atoms with Gasteiger partial charge in [-0.2, -0.15) is 4.31 Å². The van der Waals surface area contributed by atoms with Crippen molar-refractivity contribution in [3.63, 3.8) is 0 Å². The minimum Gasteiger partial charge on any atom is -0.389 e. The first kappa shape index (κ1) is 16.7. The van der Waals surface area contributed by atoms with Gasteiger partial charge in [-0.1, -0.05) is 30.1 Å². The molecule has 0 aliphatic heterocycles. The summed E-state index contributed by atoms with van der Waals surface area (Å²) in [6, 6.07) is 4.15. The molecule has 0 aromatic heterocycles. The predicted molar refractivity (Wildman–Crippen MR) is 77.2 cm³/mol. The predicted octanol–water partition coefficient (Wildman–Crippen LogP) is 2.77. The molecular weight excluding hydrogens is 309 g/mol. The second-order valence-electron chi connectivity index (χ2n) is 4.82. The highest BCUT2D eigenvalue weighted by Crippen LogP contribution is 2.27. The van der Waals surface area contributed by atoms with Gasteiger partial charge in [0.25, 0.3) is 0 Å². The number of hydrogen-bond acceptors (Lipinski definition) is 3. The Hall–Kier alpha value is -0.330. The van der Waals surface area contributed by atoms with E-state index in [4.69, 9.17) is 23.2 Å². The summed E-state index contributed by atoms with van der Waals surface area (Å²) >= 11 is 11.6. The molecule has 1 rings (SSSR count). The van der Waals surface area contributed by atoms with Crippen LogP contribution in [0.5, 0.6) is 0 Å². The van der Waals surface area contributed by atoms with Gasteiger partial charge in [0.15, 0.2) is 0 Å². The molecule has 0 unspecified atom stereocenters. The number of aliphatic hydroxyl groups is 1. The molecule has 7 heteroatoms. The Bertz CT molecular complexity index is 553. The lowest BCUT2D eigenvalue weighted by atomic mass is 10.1. The Morgan fingerprint density at radius 1 is 1.26 bits per heavy atom. The summed E-state index contributed by atoms with van der Waals surface area (Å²) in [7, 11) is -3.69. The van der Waals surface area contributed by atoms with Crippen molar-refractivity contribution in [2.75, 3.05) is 13.1 Å². The van der Waals surface area contributed by atoms with E-state index < -0.39 is 15.6 Å². The van der Waals surface area contributed by atoms with Crippen molar-refractivity contribution in [1.82, 2.24) is 4.31 Å². The van der Waals surface area contributed by atoms with Gasteiger partial charge in [-0.3, -0.25) is 0 Å². The second-order valence-corrected chi connectivity index (χ2v) is 7.57. The van der Waals surface area contributed by atoms with Crippen molar-refractivity contribution in [1.29, 1.82) is 0 Å². The number of halogens is 2. The molecule has 1 N–H and O–H groups in total. The van der Waals surface area contributed by atoms with Crippen molar-refractivity contribution < 1.29 is 13.5 Å². The molecule has 0 saturated carbocycles. The maximum absolute atomic E-state index is 12.4. The first-order chi connectivity index (χ1) is 8.58. The van der Waals surface area contributed by atoms with E-state index in [2.05, 4.69) is 0 Å². The summed E-state index contributed by atoms with van der Waals surface area (Å²) in [5.74, 6) is 0. The van der Waals surface area contributed by atoms with Crippen LogP contribution in [0.25, 0.3) is 0 Å². The fourth-order valence-corrected chi connectivity index (χ4v) is 3.58. The van der Waals surface area contributed by atoms with Crippen LogP contribution >= 0.6 is 23.2 Å². The Labute approximate surface area is 124 Å². The van der Waals surface area contributed by atoms with E-state index in [0.717, 1.165) is 0 Å². The zero-order valence-corrected chi connectivity index (χ0v) is 13.3. The number of benzene rings is 1. The third-order valence-corrected chi connectivity index (χ3v) is 5.10. The summed E-state index contributed by atoms with van der Waals surface area (Å²) in [4.78, 5) is 0.0630. The van der Waals surface area contributed by atoms with Crippen molar-refractivity contribution in [3.8, 4) is 0 Å². The third-order valence-electron chi connectivity index (χ3n) is 2.44. The van der Waals surface area contributed by atoms with E-state index in [1.807, 2.05) is 0 Å². The minimum atomic E-state index is -3.69. The molecule has 0 atom stereocenters. The van der Waals surface area contributed by atoms with E-state index >= 15 is 0 Å². The van der Waals surface area contributed by atoms with Crippen molar-refractivity contribution >= 4 is 33.2 Å². The average Bonchev–Trinajstić information content (AvgIpc) is 2.28. The SMILES string of the molecule is CCN(CC(C)(C)O)S(=O)(=O)c1ccc(Cl)c(Cl)c1. The average molecular weight is 326 g/mol. The van der Waals surface area contributed by atoms with Crippen molar-refractivity contribution in [2.45, 2.75) is 31.3 Å². The van der Waals surface area contributed by atoms with Crippen LogP contribution in [0, 0.1) is 0 Å². The molecule has 0 saturated heterocycles. The van der Waals surface area contributed by atoms with Gasteiger partial charge in [-0.05, 0) is 32.0 Å². The van der Waals surface area contributed by atoms with Gasteiger partial charge in [0.1, 0.15) is 0 Å². The lowest BCUT2D eigenvalue weighted by molar-refractivity contribution is 0.0601. The van der Waals surface area contributed by atoms with Gasteiger partial charge in [0.05, 0.1) is 20.5 Å². The van der Waals surface area contributed by atoms with E-state index in [-0.39, 0.29) is 23.0 Å². The summed E-state index contributed by atoms with van der Waals surface area (Å²) < 4.78 is 26.0. The van der Waals surface area contributed by atoms with Crippen LogP contribution in [-0.4, -0.2) is 36.5 Å². The van der Waals surface area contributed by atoms with Gasteiger partial charge in [0, 0.05) is 13.1 Å². The Morgan fingerprint density at radius 2 is 1.84 bits per heavy atom. The Morgan fingerprint density at radius 3 is 2.26 bits per heavy atom. The fraction of sp³-hybridized carbons (Fsp3) is 0.500. The smallest absolute Gasteiger partial charge is 0.243 e. The van der Waals surface area contributed by atoms with E-state index in [9.17, 15) is 13.5 Å². The lowest BCUT2D eigenvalue weighted by Crippen LogP contribution is -2.42. The highest BCUT2D eigenvalue weighted by Gasteiger charge is 2.28. The third kappa shape index (κ3) is 4.33. The van der Waals surface area contributed by atoms with E-state index in [1.54, 1.807) is 20.8 Å². The highest BCUT2D eigenvalue weighted by molar-refractivity contribution is 7.89. The lowest BCUT2D eigenvalue weighted by Gasteiger charge is -2.27. The molecule has 0 spiro atoms. The maximum Gasteiger partial charge on any atom is 0.243 e. The summed E-state index contributed by atoms with van der Waals surface area (Å²) in [5.41, 5.74) is -1.11. The van der Waals surface area contributed by atoms with E-state index in [1.165, 1.54) is 22.5 Å². The zero-order valence-electron chi connectivity index (χ0n) is 11.0. The largest absolute Gasteiger partial charge is 0.389 e. The maximum atomic E-state index is 12.4. The number of sulfonamides is 1. The Kier molecular flexibility index (Phi) is 5.26. The first-order valence-corrected chi connectivity index (χ1v) is 7.95. The molecule has 108 valence electrons. The summed E-state index contributed by atoms with van der Waals surface area (Å²) in [6.45, 7) is 5.08. The molecule has 0 amide bonds. The standard InChI is InChI=1S/C12H17Cl2NO3S/c1-4-15(8-12(2,3)16)19(17,18)9-5-6-10(13)11(14)7-9/h5-7,16H,4,8H2,1-3H3. The van der Waals surface area contributed by atoms with Gasteiger partial charge < -0.3 is 5.11 Å². The van der Waals surface area contributed by atoms with Crippen LogP contribution in [0.3, 0.4) is 0 Å². The van der Waals surface area contributed by atoms with Gasteiger partial charge in [-0.15, -0.1) is 0 Å². The highest BCUT2D eigenvalue weighted by atomic mass is 35.5. The molecule has 0 fully saturated rings. The van der Waals surface area contributed by atoms with Crippen LogP contribution in [0.15, 0.2) is 23.1 Å². The molecule has 4 nitrogen and oxygen atoms in total. The molecule has 19 heavy (non-hydrogen) atoms. The van der Waals surface area contributed by atoms with Gasteiger partial charge in [0.2, 0.25) is 10.0 Å². The van der Waals surface area contributed by atoms with Crippen molar-refractivity contribution in [2.24, 2.45) is 0 Å². The Balaban J connectivity index is 3.17.